The maximum atomic E-state index is 12.9. The predicted molar refractivity (Wildman–Crippen MR) is 73.2 cm³/mol. The van der Waals surface area contributed by atoms with E-state index in [4.69, 9.17) is 5.73 Å². The fourth-order valence-electron chi connectivity index (χ4n) is 1.58. The normalized spacial score (nSPS) is 11.5. The molecule has 18 heavy (non-hydrogen) atoms. The van der Waals surface area contributed by atoms with Crippen LogP contribution in [0, 0.1) is 11.7 Å². The fourth-order valence-corrected chi connectivity index (χ4v) is 1.58. The van der Waals surface area contributed by atoms with Crippen molar-refractivity contribution >= 4 is 18.3 Å². The lowest BCUT2D eigenvalue weighted by Gasteiger charge is -2.11. The summed E-state index contributed by atoms with van der Waals surface area (Å²) in [6, 6.07) is 6.48. The third kappa shape index (κ3) is 5.98. The summed E-state index contributed by atoms with van der Waals surface area (Å²) >= 11 is 0. The van der Waals surface area contributed by atoms with Crippen molar-refractivity contribution in [1.82, 2.24) is 5.32 Å². The summed E-state index contributed by atoms with van der Waals surface area (Å²) < 4.78 is 12.9. The van der Waals surface area contributed by atoms with Gasteiger partial charge in [-0.05, 0) is 30.5 Å². The largest absolute Gasteiger partial charge is 0.355 e. The highest BCUT2D eigenvalue weighted by Gasteiger charge is 2.11. The highest BCUT2D eigenvalue weighted by atomic mass is 35.5. The molecule has 0 saturated heterocycles. The Hall–Kier alpha value is -1.13. The van der Waals surface area contributed by atoms with E-state index in [2.05, 4.69) is 5.32 Å². The lowest BCUT2D eigenvalue weighted by atomic mass is 10.0. The number of amides is 1. The molecule has 5 heteroatoms. The first-order valence-electron chi connectivity index (χ1n) is 5.85. The van der Waals surface area contributed by atoms with Gasteiger partial charge in [0.2, 0.25) is 5.91 Å². The van der Waals surface area contributed by atoms with Crippen molar-refractivity contribution in [3.8, 4) is 0 Å². The van der Waals surface area contributed by atoms with E-state index >= 15 is 0 Å². The van der Waals surface area contributed by atoms with E-state index in [1.165, 1.54) is 12.1 Å². The van der Waals surface area contributed by atoms with Crippen LogP contribution in [0.5, 0.6) is 0 Å². The summed E-state index contributed by atoms with van der Waals surface area (Å²) in [5.74, 6) is -0.306. The average molecular weight is 275 g/mol. The van der Waals surface area contributed by atoms with Crippen LogP contribution in [0.4, 0.5) is 4.39 Å². The molecule has 0 bridgehead atoms. The highest BCUT2D eigenvalue weighted by molar-refractivity contribution is 5.85. The van der Waals surface area contributed by atoms with Crippen LogP contribution in [-0.4, -0.2) is 19.0 Å². The van der Waals surface area contributed by atoms with Gasteiger partial charge < -0.3 is 11.1 Å². The van der Waals surface area contributed by atoms with Gasteiger partial charge in [0.15, 0.2) is 0 Å². The minimum atomic E-state index is -0.234. The molecule has 0 aliphatic carbocycles. The number of hydrogen-bond acceptors (Lipinski definition) is 2. The summed E-state index contributed by atoms with van der Waals surface area (Å²) in [6.07, 6.45) is 1.41. The van der Waals surface area contributed by atoms with Gasteiger partial charge in [-0.15, -0.1) is 12.4 Å². The molecule has 3 N–H and O–H groups in total. The third-order valence-corrected chi connectivity index (χ3v) is 2.65. The standard InChI is InChI=1S/C13H19FN2O.ClH/c1-10(13(17)16-8-7-15)5-6-11-3-2-4-12(14)9-11;/h2-4,9-10H,5-8,15H2,1H3,(H,16,17);1H. The monoisotopic (exact) mass is 274 g/mol. The van der Waals surface area contributed by atoms with Crippen LogP contribution >= 0.6 is 12.4 Å². The van der Waals surface area contributed by atoms with E-state index in [-0.39, 0.29) is 30.0 Å². The minimum absolute atomic E-state index is 0. The van der Waals surface area contributed by atoms with Crippen molar-refractivity contribution in [2.75, 3.05) is 13.1 Å². The maximum Gasteiger partial charge on any atom is 0.222 e. The van der Waals surface area contributed by atoms with Crippen molar-refractivity contribution in [3.63, 3.8) is 0 Å². The smallest absolute Gasteiger partial charge is 0.222 e. The van der Waals surface area contributed by atoms with E-state index < -0.39 is 0 Å². The summed E-state index contributed by atoms with van der Waals surface area (Å²) in [4.78, 5) is 11.5. The maximum absolute atomic E-state index is 12.9. The lowest BCUT2D eigenvalue weighted by molar-refractivity contribution is -0.124. The molecule has 1 unspecified atom stereocenters. The number of hydrogen-bond donors (Lipinski definition) is 2. The van der Waals surface area contributed by atoms with Crippen LogP contribution < -0.4 is 11.1 Å². The molecule has 0 saturated carbocycles. The van der Waals surface area contributed by atoms with Gasteiger partial charge in [-0.1, -0.05) is 19.1 Å². The van der Waals surface area contributed by atoms with E-state index in [0.29, 0.717) is 25.9 Å². The summed E-state index contributed by atoms with van der Waals surface area (Å²) in [7, 11) is 0. The summed E-state index contributed by atoms with van der Waals surface area (Å²) in [5, 5.41) is 2.74. The second kappa shape index (κ2) is 8.89. The molecule has 102 valence electrons. The molecular weight excluding hydrogens is 255 g/mol. The minimum Gasteiger partial charge on any atom is -0.355 e. The van der Waals surface area contributed by atoms with Gasteiger partial charge in [-0.3, -0.25) is 4.79 Å². The molecule has 1 aromatic carbocycles. The van der Waals surface area contributed by atoms with Crippen LogP contribution in [0.15, 0.2) is 24.3 Å². The zero-order chi connectivity index (χ0) is 12.7. The molecule has 1 amide bonds. The number of carbonyl (C=O) groups excluding carboxylic acids is 1. The molecular formula is C13H20ClFN2O. The SMILES string of the molecule is CC(CCc1cccc(F)c1)C(=O)NCCN.Cl. The molecule has 1 atom stereocenters. The van der Waals surface area contributed by atoms with Crippen molar-refractivity contribution in [2.24, 2.45) is 11.7 Å². The lowest BCUT2D eigenvalue weighted by Crippen LogP contribution is -2.33. The first-order valence-corrected chi connectivity index (χ1v) is 5.85. The van der Waals surface area contributed by atoms with E-state index in [9.17, 15) is 9.18 Å². The Morgan fingerprint density at radius 1 is 1.50 bits per heavy atom. The topological polar surface area (TPSA) is 55.1 Å². The Kier molecular flexibility index (Phi) is 8.33. The zero-order valence-electron chi connectivity index (χ0n) is 10.5. The molecule has 1 aromatic rings. The quantitative estimate of drug-likeness (QED) is 0.832. The number of benzene rings is 1. The first kappa shape index (κ1) is 16.9. The van der Waals surface area contributed by atoms with Crippen LogP contribution in [0.25, 0.3) is 0 Å². The van der Waals surface area contributed by atoms with Gasteiger partial charge in [0.25, 0.3) is 0 Å². The first-order chi connectivity index (χ1) is 8.13. The Labute approximate surface area is 113 Å². The van der Waals surface area contributed by atoms with Gasteiger partial charge in [0, 0.05) is 19.0 Å². The van der Waals surface area contributed by atoms with Crippen LogP contribution in [-0.2, 0) is 11.2 Å². The van der Waals surface area contributed by atoms with Gasteiger partial charge in [0.05, 0.1) is 0 Å². The van der Waals surface area contributed by atoms with Crippen molar-refractivity contribution in [3.05, 3.63) is 35.6 Å². The third-order valence-electron chi connectivity index (χ3n) is 2.65. The zero-order valence-corrected chi connectivity index (χ0v) is 11.3. The molecule has 0 heterocycles. The molecule has 1 rings (SSSR count). The number of halogens is 2. The van der Waals surface area contributed by atoms with Crippen molar-refractivity contribution < 1.29 is 9.18 Å². The van der Waals surface area contributed by atoms with Gasteiger partial charge in [-0.2, -0.15) is 0 Å². The van der Waals surface area contributed by atoms with Crippen LogP contribution in [0.2, 0.25) is 0 Å². The highest BCUT2D eigenvalue weighted by Crippen LogP contribution is 2.11. The molecule has 0 aliphatic rings. The Morgan fingerprint density at radius 2 is 2.22 bits per heavy atom. The number of nitrogens with one attached hydrogen (secondary N) is 1. The van der Waals surface area contributed by atoms with E-state index in [0.717, 1.165) is 5.56 Å². The summed E-state index contributed by atoms with van der Waals surface area (Å²) in [6.45, 7) is 2.82. The number of aryl methyl sites for hydroxylation is 1. The molecule has 0 spiro atoms. The predicted octanol–water partition coefficient (Wildman–Crippen LogP) is 1.89. The molecule has 0 aromatic heterocycles. The van der Waals surface area contributed by atoms with Crippen molar-refractivity contribution in [1.29, 1.82) is 0 Å². The van der Waals surface area contributed by atoms with Gasteiger partial charge in [0.1, 0.15) is 5.82 Å². The molecule has 0 radical (unpaired) electrons. The number of nitrogens with two attached hydrogens (primary N) is 1. The average Bonchev–Trinajstić information content (AvgIpc) is 2.33. The van der Waals surface area contributed by atoms with Gasteiger partial charge in [-0.25, -0.2) is 4.39 Å². The molecule has 0 fully saturated rings. The van der Waals surface area contributed by atoms with E-state index in [1.807, 2.05) is 13.0 Å². The second-order valence-electron chi connectivity index (χ2n) is 4.15. The van der Waals surface area contributed by atoms with E-state index in [1.54, 1.807) is 6.07 Å². The Morgan fingerprint density at radius 3 is 2.83 bits per heavy atom. The van der Waals surface area contributed by atoms with Crippen LogP contribution in [0.3, 0.4) is 0 Å². The number of carbonyl (C=O) groups is 1. The second-order valence-corrected chi connectivity index (χ2v) is 4.15. The molecule has 3 nitrogen and oxygen atoms in total. The van der Waals surface area contributed by atoms with Gasteiger partial charge >= 0.3 is 0 Å². The van der Waals surface area contributed by atoms with Crippen LogP contribution in [0.1, 0.15) is 18.9 Å². The fraction of sp³-hybridized carbons (Fsp3) is 0.462. The number of rotatable bonds is 6. The Balaban J connectivity index is 0.00000289. The molecule has 0 aliphatic heterocycles. The summed E-state index contributed by atoms with van der Waals surface area (Å²) in [5.41, 5.74) is 6.22. The van der Waals surface area contributed by atoms with Crippen molar-refractivity contribution in [2.45, 2.75) is 19.8 Å². The Bertz CT molecular complexity index is 374.